The lowest BCUT2D eigenvalue weighted by Crippen LogP contribution is -2.32. The fourth-order valence-electron chi connectivity index (χ4n) is 4.67. The van der Waals surface area contributed by atoms with Gasteiger partial charge in [-0.2, -0.15) is 11.8 Å². The molecule has 0 saturated carbocycles. The van der Waals surface area contributed by atoms with Gasteiger partial charge in [-0.05, 0) is 40.7 Å². The Hall–Kier alpha value is -2.01. The molecule has 0 spiro atoms. The van der Waals surface area contributed by atoms with Crippen molar-refractivity contribution in [2.45, 2.75) is 25.2 Å². The molecule has 2 N–H and O–H groups in total. The third-order valence-electron chi connectivity index (χ3n) is 6.13. The molecule has 3 aromatic rings. The molecule has 0 amide bonds. The molecule has 1 aromatic heterocycles. The molecular weight excluding hydrogens is 364 g/mol. The second-order valence-corrected chi connectivity index (χ2v) is 8.91. The van der Waals surface area contributed by atoms with E-state index in [4.69, 9.17) is 0 Å². The minimum atomic E-state index is 0.0844. The van der Waals surface area contributed by atoms with Gasteiger partial charge in [-0.3, -0.25) is 4.90 Å². The summed E-state index contributed by atoms with van der Waals surface area (Å²) in [7, 11) is 0. The van der Waals surface area contributed by atoms with Crippen LogP contribution in [0.1, 0.15) is 28.7 Å². The smallest absolute Gasteiger partial charge is 0.0702 e. The van der Waals surface area contributed by atoms with Crippen molar-refractivity contribution < 1.29 is 5.11 Å². The molecule has 2 heterocycles. The van der Waals surface area contributed by atoms with Gasteiger partial charge in [-0.25, -0.2) is 0 Å². The van der Waals surface area contributed by atoms with Gasteiger partial charge in [0.2, 0.25) is 0 Å². The van der Waals surface area contributed by atoms with Gasteiger partial charge in [0, 0.05) is 48.3 Å². The van der Waals surface area contributed by atoms with E-state index in [0.717, 1.165) is 42.1 Å². The first-order valence-corrected chi connectivity index (χ1v) is 11.3. The van der Waals surface area contributed by atoms with Gasteiger partial charge in [0.15, 0.2) is 0 Å². The summed E-state index contributed by atoms with van der Waals surface area (Å²) < 4.78 is 0. The van der Waals surface area contributed by atoms with E-state index in [1.165, 1.54) is 35.0 Å². The van der Waals surface area contributed by atoms with Crippen molar-refractivity contribution >= 4 is 28.2 Å². The van der Waals surface area contributed by atoms with E-state index in [1.54, 1.807) is 11.1 Å². The van der Waals surface area contributed by atoms with Gasteiger partial charge in [0.1, 0.15) is 0 Å². The zero-order valence-electron chi connectivity index (χ0n) is 16.1. The van der Waals surface area contributed by atoms with Crippen LogP contribution in [-0.4, -0.2) is 40.4 Å². The number of fused-ring (bicyclic) bond motifs is 3. The Morgan fingerprint density at radius 3 is 2.93 bits per heavy atom. The van der Waals surface area contributed by atoms with Crippen LogP contribution >= 0.6 is 11.8 Å². The highest BCUT2D eigenvalue weighted by atomic mass is 32.2. The molecule has 0 radical (unpaired) electrons. The van der Waals surface area contributed by atoms with E-state index in [0.29, 0.717) is 0 Å². The highest BCUT2D eigenvalue weighted by Crippen LogP contribution is 2.37. The van der Waals surface area contributed by atoms with Gasteiger partial charge in [0.05, 0.1) is 12.1 Å². The number of aromatic amines is 1. The van der Waals surface area contributed by atoms with Crippen LogP contribution < -0.4 is 0 Å². The van der Waals surface area contributed by atoms with Crippen LogP contribution in [0.4, 0.5) is 0 Å². The predicted octanol–water partition coefficient (Wildman–Crippen LogP) is 4.61. The number of H-pyrrole nitrogens is 1. The molecule has 144 valence electrons. The quantitative estimate of drug-likeness (QED) is 0.604. The molecule has 2 aliphatic rings. The largest absolute Gasteiger partial charge is 0.392 e. The Kier molecular flexibility index (Phi) is 5.02. The highest BCUT2D eigenvalue weighted by molar-refractivity contribution is 7.98. The lowest BCUT2D eigenvalue weighted by atomic mass is 9.99. The fourth-order valence-corrected chi connectivity index (χ4v) is 5.66. The van der Waals surface area contributed by atoms with E-state index in [-0.39, 0.29) is 6.61 Å². The molecule has 0 saturated heterocycles. The summed E-state index contributed by atoms with van der Waals surface area (Å²) in [6.07, 6.45) is 4.45. The van der Waals surface area contributed by atoms with Gasteiger partial charge < -0.3 is 10.1 Å². The molecule has 0 fully saturated rings. The number of aliphatic hydroxyl groups is 1. The van der Waals surface area contributed by atoms with Gasteiger partial charge in [-0.15, -0.1) is 0 Å². The summed E-state index contributed by atoms with van der Waals surface area (Å²) >= 11 is 2.01. The third kappa shape index (κ3) is 3.30. The molecule has 3 nitrogen and oxygen atoms in total. The average molecular weight is 391 g/mol. The molecular formula is C24H26N2OS. The van der Waals surface area contributed by atoms with Crippen LogP contribution in [0.2, 0.25) is 0 Å². The van der Waals surface area contributed by atoms with Crippen molar-refractivity contribution in [3.8, 4) is 0 Å². The first-order chi connectivity index (χ1) is 13.8. The van der Waals surface area contributed by atoms with Crippen LogP contribution in [0.15, 0.2) is 54.2 Å². The molecule has 28 heavy (non-hydrogen) atoms. The average Bonchev–Trinajstić information content (AvgIpc) is 3.32. The van der Waals surface area contributed by atoms with Crippen LogP contribution in [0.5, 0.6) is 0 Å². The lowest BCUT2D eigenvalue weighted by molar-refractivity contribution is 0.283. The molecule has 0 bridgehead atoms. The number of aliphatic hydroxyl groups excluding tert-OH is 1. The van der Waals surface area contributed by atoms with Crippen molar-refractivity contribution in [1.82, 2.24) is 9.88 Å². The molecule has 0 atom stereocenters. The van der Waals surface area contributed by atoms with E-state index in [9.17, 15) is 5.11 Å². The monoisotopic (exact) mass is 390 g/mol. The topological polar surface area (TPSA) is 39.3 Å². The summed E-state index contributed by atoms with van der Waals surface area (Å²) in [4.78, 5) is 5.96. The summed E-state index contributed by atoms with van der Waals surface area (Å²) in [5.74, 6) is 2.17. The van der Waals surface area contributed by atoms with Crippen LogP contribution in [0.25, 0.3) is 16.5 Å². The number of thioether (sulfide) groups is 1. The Bertz CT molecular complexity index is 1040. The van der Waals surface area contributed by atoms with Crippen molar-refractivity contribution in [3.63, 3.8) is 0 Å². The SMILES string of the molecule is OCc1cccc2c(CSCCN3CCC4=C(Cc5ccccc54)C3)c[nH]c12. The molecule has 1 aliphatic carbocycles. The zero-order valence-corrected chi connectivity index (χ0v) is 16.9. The van der Waals surface area contributed by atoms with Gasteiger partial charge in [-0.1, -0.05) is 42.5 Å². The Morgan fingerprint density at radius 2 is 2.00 bits per heavy atom. The van der Waals surface area contributed by atoms with Gasteiger partial charge in [0.25, 0.3) is 0 Å². The molecule has 5 rings (SSSR count). The van der Waals surface area contributed by atoms with E-state index >= 15 is 0 Å². The van der Waals surface area contributed by atoms with Crippen molar-refractivity contribution in [2.75, 3.05) is 25.4 Å². The normalized spacial score (nSPS) is 16.6. The number of nitrogens with zero attached hydrogens (tertiary/aromatic N) is 1. The summed E-state index contributed by atoms with van der Waals surface area (Å²) in [6.45, 7) is 3.56. The maximum absolute atomic E-state index is 9.49. The number of aromatic nitrogens is 1. The van der Waals surface area contributed by atoms with Crippen molar-refractivity contribution in [1.29, 1.82) is 0 Å². The highest BCUT2D eigenvalue weighted by Gasteiger charge is 2.26. The van der Waals surface area contributed by atoms with Crippen molar-refractivity contribution in [2.24, 2.45) is 0 Å². The summed E-state index contributed by atoms with van der Waals surface area (Å²) in [5, 5.41) is 10.7. The Morgan fingerprint density at radius 1 is 1.07 bits per heavy atom. The Balaban J connectivity index is 1.15. The number of rotatable bonds is 6. The second kappa shape index (κ2) is 7.78. The zero-order chi connectivity index (χ0) is 18.9. The number of para-hydroxylation sites is 1. The van der Waals surface area contributed by atoms with Crippen LogP contribution in [0.3, 0.4) is 0 Å². The first kappa shape index (κ1) is 18.0. The summed E-state index contributed by atoms with van der Waals surface area (Å²) in [6, 6.07) is 15.1. The molecule has 4 heteroatoms. The Labute approximate surface area is 170 Å². The summed E-state index contributed by atoms with van der Waals surface area (Å²) in [5.41, 5.74) is 9.69. The molecule has 2 aromatic carbocycles. The fraction of sp³-hybridized carbons (Fsp3) is 0.333. The third-order valence-corrected chi connectivity index (χ3v) is 7.12. The number of hydrogen-bond donors (Lipinski definition) is 2. The second-order valence-electron chi connectivity index (χ2n) is 7.81. The maximum atomic E-state index is 9.49. The number of hydrogen-bond acceptors (Lipinski definition) is 3. The van der Waals surface area contributed by atoms with E-state index < -0.39 is 0 Å². The van der Waals surface area contributed by atoms with E-state index in [2.05, 4.69) is 46.4 Å². The van der Waals surface area contributed by atoms with E-state index in [1.807, 2.05) is 23.9 Å². The minimum Gasteiger partial charge on any atom is -0.392 e. The lowest BCUT2D eigenvalue weighted by Gasteiger charge is -2.28. The minimum absolute atomic E-state index is 0.0844. The van der Waals surface area contributed by atoms with Crippen LogP contribution in [-0.2, 0) is 18.8 Å². The number of benzene rings is 2. The molecule has 1 aliphatic heterocycles. The molecule has 0 unspecified atom stereocenters. The number of nitrogens with one attached hydrogen (secondary N) is 1. The van der Waals surface area contributed by atoms with Crippen molar-refractivity contribution in [3.05, 3.63) is 76.5 Å². The predicted molar refractivity (Wildman–Crippen MR) is 119 cm³/mol. The standard InChI is InChI=1S/C24H26N2OS/c27-15-18-5-3-7-23-20(13-25-24(18)23)16-28-11-10-26-9-8-22-19(14-26)12-17-4-1-2-6-21(17)22/h1-7,13,25,27H,8-12,14-16H2. The first-order valence-electron chi connectivity index (χ1n) is 10.1. The van der Waals surface area contributed by atoms with Gasteiger partial charge >= 0.3 is 0 Å². The van der Waals surface area contributed by atoms with Crippen LogP contribution in [0, 0.1) is 0 Å². The maximum Gasteiger partial charge on any atom is 0.0702 e.